The number of thioether (sulfide) groups is 1. The van der Waals surface area contributed by atoms with Crippen LogP contribution in [0.3, 0.4) is 0 Å². The first kappa shape index (κ1) is 15.4. The molecule has 1 nitrogen and oxygen atoms in total. The Kier molecular flexibility index (Phi) is 5.53. The van der Waals surface area contributed by atoms with Gasteiger partial charge in [-0.1, -0.05) is 26.0 Å². The Hall–Kier alpha value is -0.680. The normalized spacial score (nSPS) is 13.9. The molecule has 1 aromatic carbocycles. The first-order valence-corrected chi connectivity index (χ1v) is 6.71. The molecule has 5 heteroatoms. The highest BCUT2D eigenvalue weighted by atomic mass is 32.2. The predicted molar refractivity (Wildman–Crippen MR) is 69.4 cm³/mol. The van der Waals surface area contributed by atoms with Crippen LogP contribution in [0.4, 0.5) is 13.2 Å². The average Bonchev–Trinajstić information content (AvgIpc) is 2.24. The second-order valence-electron chi connectivity index (χ2n) is 4.69. The van der Waals surface area contributed by atoms with Crippen molar-refractivity contribution in [2.24, 2.45) is 11.7 Å². The van der Waals surface area contributed by atoms with E-state index in [2.05, 4.69) is 13.8 Å². The molecule has 102 valence electrons. The van der Waals surface area contributed by atoms with Gasteiger partial charge >= 0.3 is 5.51 Å². The van der Waals surface area contributed by atoms with Crippen LogP contribution in [0.1, 0.15) is 38.3 Å². The van der Waals surface area contributed by atoms with Gasteiger partial charge in [0.15, 0.2) is 0 Å². The molecule has 0 radical (unpaired) electrons. The van der Waals surface area contributed by atoms with Crippen LogP contribution in [0.2, 0.25) is 0 Å². The summed E-state index contributed by atoms with van der Waals surface area (Å²) in [5.41, 5.74) is 2.65. The molecule has 0 bridgehead atoms. The largest absolute Gasteiger partial charge is 0.446 e. The first-order chi connectivity index (χ1) is 8.28. The lowest BCUT2D eigenvalue weighted by Gasteiger charge is -2.14. The molecule has 0 saturated carbocycles. The SMILES string of the molecule is CC(C)CC[C@@H](N)c1ccc(SC(F)(F)F)cc1. The molecule has 2 N–H and O–H groups in total. The van der Waals surface area contributed by atoms with Gasteiger partial charge in [0, 0.05) is 10.9 Å². The zero-order chi connectivity index (χ0) is 13.8. The van der Waals surface area contributed by atoms with Gasteiger partial charge in [-0.2, -0.15) is 13.2 Å². The molecule has 0 saturated heterocycles. The molecular formula is C13H18F3NS. The number of nitrogens with two attached hydrogens (primary N) is 1. The summed E-state index contributed by atoms with van der Waals surface area (Å²) >= 11 is -0.101. The third kappa shape index (κ3) is 5.78. The van der Waals surface area contributed by atoms with E-state index in [4.69, 9.17) is 5.73 Å². The lowest BCUT2D eigenvalue weighted by Crippen LogP contribution is -2.11. The first-order valence-electron chi connectivity index (χ1n) is 5.89. The molecule has 0 fully saturated rings. The molecule has 1 atom stereocenters. The fourth-order valence-electron chi connectivity index (χ4n) is 1.60. The molecule has 1 aromatic rings. The van der Waals surface area contributed by atoms with E-state index in [1.807, 2.05) is 0 Å². The molecule has 0 spiro atoms. The quantitative estimate of drug-likeness (QED) is 0.787. The highest BCUT2D eigenvalue weighted by Crippen LogP contribution is 2.37. The second kappa shape index (κ2) is 6.48. The summed E-state index contributed by atoms with van der Waals surface area (Å²) < 4.78 is 36.4. The maximum Gasteiger partial charge on any atom is 0.446 e. The summed E-state index contributed by atoms with van der Waals surface area (Å²) in [5.74, 6) is 0.580. The minimum absolute atomic E-state index is 0.0997. The topological polar surface area (TPSA) is 26.0 Å². The Morgan fingerprint density at radius 2 is 1.67 bits per heavy atom. The molecule has 0 aliphatic carbocycles. The van der Waals surface area contributed by atoms with Gasteiger partial charge in [-0.15, -0.1) is 0 Å². The third-order valence-electron chi connectivity index (χ3n) is 2.60. The van der Waals surface area contributed by atoms with E-state index in [9.17, 15) is 13.2 Å². The van der Waals surface area contributed by atoms with Crippen LogP contribution < -0.4 is 5.73 Å². The summed E-state index contributed by atoms with van der Waals surface area (Å²) in [7, 11) is 0. The van der Waals surface area contributed by atoms with Gasteiger partial charge < -0.3 is 5.73 Å². The van der Waals surface area contributed by atoms with E-state index < -0.39 is 5.51 Å². The summed E-state index contributed by atoms with van der Waals surface area (Å²) in [6, 6.07) is 6.21. The van der Waals surface area contributed by atoms with Crippen molar-refractivity contribution in [2.75, 3.05) is 0 Å². The standard InChI is InChI=1S/C13H18F3NS/c1-9(2)3-8-12(17)10-4-6-11(7-5-10)18-13(14,15)16/h4-7,9,12H,3,8,17H2,1-2H3/t12-/m1/s1. The summed E-state index contributed by atoms with van der Waals surface area (Å²) in [5, 5.41) is 0. The highest BCUT2D eigenvalue weighted by molar-refractivity contribution is 8.00. The molecule has 0 amide bonds. The Labute approximate surface area is 110 Å². The zero-order valence-corrected chi connectivity index (χ0v) is 11.3. The third-order valence-corrected chi connectivity index (χ3v) is 3.34. The number of halogens is 3. The number of alkyl halides is 3. The van der Waals surface area contributed by atoms with Crippen molar-refractivity contribution in [1.82, 2.24) is 0 Å². The molecule has 0 heterocycles. The van der Waals surface area contributed by atoms with Gasteiger partial charge in [0.25, 0.3) is 0 Å². The maximum absolute atomic E-state index is 12.1. The summed E-state index contributed by atoms with van der Waals surface area (Å²) in [6.45, 7) is 4.24. The molecule has 1 rings (SSSR count). The van der Waals surface area contributed by atoms with Crippen LogP contribution in [-0.4, -0.2) is 5.51 Å². The van der Waals surface area contributed by atoms with E-state index >= 15 is 0 Å². The Bertz CT molecular complexity index is 359. The van der Waals surface area contributed by atoms with Crippen molar-refractivity contribution in [3.63, 3.8) is 0 Å². The highest BCUT2D eigenvalue weighted by Gasteiger charge is 2.29. The van der Waals surface area contributed by atoms with Crippen molar-refractivity contribution in [3.8, 4) is 0 Å². The van der Waals surface area contributed by atoms with Crippen molar-refractivity contribution in [2.45, 2.75) is 43.1 Å². The van der Waals surface area contributed by atoms with E-state index in [1.54, 1.807) is 12.1 Å². The van der Waals surface area contributed by atoms with Gasteiger partial charge in [0.2, 0.25) is 0 Å². The smallest absolute Gasteiger partial charge is 0.324 e. The minimum Gasteiger partial charge on any atom is -0.324 e. The van der Waals surface area contributed by atoms with Crippen molar-refractivity contribution >= 4 is 11.8 Å². The van der Waals surface area contributed by atoms with E-state index in [0.717, 1.165) is 18.4 Å². The molecule has 0 unspecified atom stereocenters. The molecule has 0 aliphatic rings. The van der Waals surface area contributed by atoms with Crippen LogP contribution in [0.25, 0.3) is 0 Å². The number of hydrogen-bond donors (Lipinski definition) is 1. The molecule has 18 heavy (non-hydrogen) atoms. The Morgan fingerprint density at radius 1 is 1.11 bits per heavy atom. The molecular weight excluding hydrogens is 259 g/mol. The summed E-state index contributed by atoms with van der Waals surface area (Å²) in [6.07, 6.45) is 1.86. The van der Waals surface area contributed by atoms with Gasteiger partial charge in [-0.25, -0.2) is 0 Å². The molecule has 0 aromatic heterocycles. The van der Waals surface area contributed by atoms with E-state index in [-0.39, 0.29) is 22.7 Å². The van der Waals surface area contributed by atoms with E-state index in [1.165, 1.54) is 12.1 Å². The summed E-state index contributed by atoms with van der Waals surface area (Å²) in [4.78, 5) is 0.197. The maximum atomic E-state index is 12.1. The van der Waals surface area contributed by atoms with E-state index in [0.29, 0.717) is 5.92 Å². The predicted octanol–water partition coefficient (Wildman–Crippen LogP) is 4.73. The number of hydrogen-bond acceptors (Lipinski definition) is 2. The van der Waals surface area contributed by atoms with Gasteiger partial charge in [-0.3, -0.25) is 0 Å². The monoisotopic (exact) mass is 277 g/mol. The van der Waals surface area contributed by atoms with Gasteiger partial charge in [-0.05, 0) is 48.2 Å². The van der Waals surface area contributed by atoms with Crippen LogP contribution in [0.5, 0.6) is 0 Å². The van der Waals surface area contributed by atoms with Crippen LogP contribution in [-0.2, 0) is 0 Å². The van der Waals surface area contributed by atoms with Crippen molar-refractivity contribution in [1.29, 1.82) is 0 Å². The van der Waals surface area contributed by atoms with Crippen LogP contribution >= 0.6 is 11.8 Å². The fourth-order valence-corrected chi connectivity index (χ4v) is 2.14. The van der Waals surface area contributed by atoms with Crippen molar-refractivity contribution < 1.29 is 13.2 Å². The van der Waals surface area contributed by atoms with Gasteiger partial charge in [0.1, 0.15) is 0 Å². The van der Waals surface area contributed by atoms with Gasteiger partial charge in [0.05, 0.1) is 0 Å². The fraction of sp³-hybridized carbons (Fsp3) is 0.538. The number of benzene rings is 1. The molecule has 0 aliphatic heterocycles. The lowest BCUT2D eigenvalue weighted by molar-refractivity contribution is -0.0328. The Morgan fingerprint density at radius 3 is 2.11 bits per heavy atom. The Balaban J connectivity index is 2.59. The number of rotatable bonds is 5. The average molecular weight is 277 g/mol. The lowest BCUT2D eigenvalue weighted by atomic mass is 9.98. The van der Waals surface area contributed by atoms with Crippen molar-refractivity contribution in [3.05, 3.63) is 29.8 Å². The van der Waals surface area contributed by atoms with Crippen LogP contribution in [0.15, 0.2) is 29.2 Å². The zero-order valence-electron chi connectivity index (χ0n) is 10.5. The van der Waals surface area contributed by atoms with Crippen LogP contribution in [0, 0.1) is 5.92 Å². The minimum atomic E-state index is -4.23. The second-order valence-corrected chi connectivity index (χ2v) is 5.83.